The number of rotatable bonds is 7. The van der Waals surface area contributed by atoms with Gasteiger partial charge in [-0.2, -0.15) is 0 Å². The maximum Gasteiger partial charge on any atom is 0.259 e. The summed E-state index contributed by atoms with van der Waals surface area (Å²) in [4.78, 5) is 19.0. The van der Waals surface area contributed by atoms with Gasteiger partial charge in [-0.1, -0.05) is 12.1 Å². The van der Waals surface area contributed by atoms with Crippen molar-refractivity contribution >= 4 is 5.91 Å². The van der Waals surface area contributed by atoms with Crippen LogP contribution in [-0.2, 0) is 0 Å². The van der Waals surface area contributed by atoms with E-state index in [2.05, 4.69) is 4.98 Å². The zero-order valence-electron chi connectivity index (χ0n) is 14.7. The van der Waals surface area contributed by atoms with Crippen LogP contribution in [0.25, 0.3) is 0 Å². The molecule has 24 heavy (non-hydrogen) atoms. The lowest BCUT2D eigenvalue weighted by atomic mass is 10.1. The molecule has 0 aliphatic carbocycles. The van der Waals surface area contributed by atoms with Crippen LogP contribution in [0.2, 0.25) is 0 Å². The van der Waals surface area contributed by atoms with E-state index in [9.17, 15) is 4.79 Å². The highest BCUT2D eigenvalue weighted by atomic mass is 16.5. The van der Waals surface area contributed by atoms with Crippen LogP contribution >= 0.6 is 0 Å². The van der Waals surface area contributed by atoms with Crippen LogP contribution in [0.5, 0.6) is 11.6 Å². The third-order valence-corrected chi connectivity index (χ3v) is 3.93. The normalized spacial score (nSPS) is 11.7. The molecular formula is C19H24N2O3. The van der Waals surface area contributed by atoms with E-state index in [1.54, 1.807) is 30.3 Å². The summed E-state index contributed by atoms with van der Waals surface area (Å²) in [5, 5.41) is 0. The standard InChI is InChI=1S/C19H24N2O3/c1-5-21(14(3)15-9-7-10-16(13-15)23-4)19(22)17-11-8-12-20-18(17)24-6-2/h7-14H,5-6H2,1-4H3/t14-/m0/s1. The van der Waals surface area contributed by atoms with Gasteiger partial charge in [-0.25, -0.2) is 4.98 Å². The average molecular weight is 328 g/mol. The maximum absolute atomic E-state index is 13.0. The lowest BCUT2D eigenvalue weighted by Crippen LogP contribution is -2.33. The molecule has 0 bridgehead atoms. The second-order valence-electron chi connectivity index (χ2n) is 5.33. The molecule has 5 heteroatoms. The first-order valence-corrected chi connectivity index (χ1v) is 8.15. The molecule has 0 saturated heterocycles. The fourth-order valence-electron chi connectivity index (χ4n) is 2.63. The van der Waals surface area contributed by atoms with Crippen molar-refractivity contribution < 1.29 is 14.3 Å². The zero-order chi connectivity index (χ0) is 17.5. The fourth-order valence-corrected chi connectivity index (χ4v) is 2.63. The van der Waals surface area contributed by atoms with E-state index < -0.39 is 0 Å². The van der Waals surface area contributed by atoms with Crippen LogP contribution in [-0.4, -0.2) is 36.1 Å². The van der Waals surface area contributed by atoms with Crippen molar-refractivity contribution in [2.24, 2.45) is 0 Å². The van der Waals surface area contributed by atoms with Crippen LogP contribution < -0.4 is 9.47 Å². The summed E-state index contributed by atoms with van der Waals surface area (Å²) in [6.45, 7) is 6.89. The van der Waals surface area contributed by atoms with Crippen molar-refractivity contribution in [3.8, 4) is 11.6 Å². The third kappa shape index (κ3) is 3.85. The summed E-state index contributed by atoms with van der Waals surface area (Å²) in [5.41, 5.74) is 1.50. The Labute approximate surface area is 143 Å². The van der Waals surface area contributed by atoms with Crippen molar-refractivity contribution in [3.63, 3.8) is 0 Å². The molecule has 0 aliphatic rings. The molecule has 0 aliphatic heterocycles. The topological polar surface area (TPSA) is 51.7 Å². The minimum Gasteiger partial charge on any atom is -0.497 e. The van der Waals surface area contributed by atoms with E-state index >= 15 is 0 Å². The molecule has 0 N–H and O–H groups in total. The van der Waals surface area contributed by atoms with E-state index in [0.717, 1.165) is 11.3 Å². The van der Waals surface area contributed by atoms with Gasteiger partial charge in [0.25, 0.3) is 5.91 Å². The zero-order valence-corrected chi connectivity index (χ0v) is 14.7. The van der Waals surface area contributed by atoms with Crippen LogP contribution in [0, 0.1) is 0 Å². The first kappa shape index (κ1) is 17.8. The molecule has 1 atom stereocenters. The Morgan fingerprint density at radius 2 is 2.04 bits per heavy atom. The molecule has 2 rings (SSSR count). The monoisotopic (exact) mass is 328 g/mol. The summed E-state index contributed by atoms with van der Waals surface area (Å²) >= 11 is 0. The third-order valence-electron chi connectivity index (χ3n) is 3.93. The number of methoxy groups -OCH3 is 1. The van der Waals surface area contributed by atoms with Crippen molar-refractivity contribution in [3.05, 3.63) is 53.7 Å². The molecule has 1 heterocycles. The summed E-state index contributed by atoms with van der Waals surface area (Å²) in [7, 11) is 1.64. The largest absolute Gasteiger partial charge is 0.497 e. The highest BCUT2D eigenvalue weighted by Crippen LogP contribution is 2.27. The van der Waals surface area contributed by atoms with E-state index in [1.165, 1.54) is 0 Å². The molecule has 1 aromatic carbocycles. The fraction of sp³-hybridized carbons (Fsp3) is 0.368. The number of aromatic nitrogens is 1. The number of carbonyl (C=O) groups excluding carboxylic acids is 1. The van der Waals surface area contributed by atoms with E-state index in [-0.39, 0.29) is 11.9 Å². The number of carbonyl (C=O) groups is 1. The molecule has 128 valence electrons. The summed E-state index contributed by atoms with van der Waals surface area (Å²) in [6, 6.07) is 11.2. The van der Waals surface area contributed by atoms with Gasteiger partial charge in [-0.3, -0.25) is 4.79 Å². The van der Waals surface area contributed by atoms with Gasteiger partial charge in [0.05, 0.1) is 19.8 Å². The molecular weight excluding hydrogens is 304 g/mol. The average Bonchev–Trinajstić information content (AvgIpc) is 2.63. The van der Waals surface area contributed by atoms with Crippen LogP contribution in [0.3, 0.4) is 0 Å². The first-order chi connectivity index (χ1) is 11.6. The second kappa shape index (κ2) is 8.34. The number of amides is 1. The van der Waals surface area contributed by atoms with E-state index in [4.69, 9.17) is 9.47 Å². The Balaban J connectivity index is 2.31. The van der Waals surface area contributed by atoms with Gasteiger partial charge in [0.15, 0.2) is 0 Å². The number of nitrogens with zero attached hydrogens (tertiary/aromatic N) is 2. The summed E-state index contributed by atoms with van der Waals surface area (Å²) < 4.78 is 10.8. The maximum atomic E-state index is 13.0. The van der Waals surface area contributed by atoms with Crippen LogP contribution in [0.15, 0.2) is 42.6 Å². The quantitative estimate of drug-likeness (QED) is 0.777. The molecule has 0 spiro atoms. The van der Waals surface area contributed by atoms with Gasteiger partial charge in [-0.15, -0.1) is 0 Å². The number of pyridine rings is 1. The van der Waals surface area contributed by atoms with Crippen molar-refractivity contribution in [1.82, 2.24) is 9.88 Å². The Bertz CT molecular complexity index is 688. The molecule has 0 saturated carbocycles. The van der Waals surface area contributed by atoms with Crippen molar-refractivity contribution in [2.75, 3.05) is 20.3 Å². The van der Waals surface area contributed by atoms with E-state index in [1.807, 2.05) is 45.0 Å². The molecule has 0 fully saturated rings. The van der Waals surface area contributed by atoms with Gasteiger partial charge in [0, 0.05) is 12.7 Å². The van der Waals surface area contributed by atoms with Crippen molar-refractivity contribution in [2.45, 2.75) is 26.8 Å². The van der Waals surface area contributed by atoms with E-state index in [0.29, 0.717) is 24.6 Å². The van der Waals surface area contributed by atoms with Gasteiger partial charge in [-0.05, 0) is 50.6 Å². The molecule has 5 nitrogen and oxygen atoms in total. The predicted octanol–water partition coefficient (Wildman–Crippen LogP) is 3.71. The van der Waals surface area contributed by atoms with Gasteiger partial charge in [0.2, 0.25) is 5.88 Å². The highest BCUT2D eigenvalue weighted by molar-refractivity contribution is 5.96. The second-order valence-corrected chi connectivity index (χ2v) is 5.33. The highest BCUT2D eigenvalue weighted by Gasteiger charge is 2.24. The van der Waals surface area contributed by atoms with Crippen LogP contribution in [0.1, 0.15) is 42.7 Å². The number of benzene rings is 1. The Morgan fingerprint density at radius 1 is 1.25 bits per heavy atom. The minimum absolute atomic E-state index is 0.0905. The van der Waals surface area contributed by atoms with Gasteiger partial charge >= 0.3 is 0 Å². The number of hydrogen-bond acceptors (Lipinski definition) is 4. The van der Waals surface area contributed by atoms with Gasteiger partial charge in [0.1, 0.15) is 11.3 Å². The lowest BCUT2D eigenvalue weighted by Gasteiger charge is -2.29. The molecule has 0 radical (unpaired) electrons. The first-order valence-electron chi connectivity index (χ1n) is 8.15. The molecule has 1 aromatic heterocycles. The summed E-state index contributed by atoms with van der Waals surface area (Å²) in [5.74, 6) is 1.06. The Morgan fingerprint density at radius 3 is 2.71 bits per heavy atom. The predicted molar refractivity (Wildman–Crippen MR) is 93.5 cm³/mol. The Hall–Kier alpha value is -2.56. The van der Waals surface area contributed by atoms with Crippen molar-refractivity contribution in [1.29, 1.82) is 0 Å². The lowest BCUT2D eigenvalue weighted by molar-refractivity contribution is 0.0697. The molecule has 0 unspecified atom stereocenters. The Kier molecular flexibility index (Phi) is 6.18. The molecule has 2 aromatic rings. The van der Waals surface area contributed by atoms with Crippen LogP contribution in [0.4, 0.5) is 0 Å². The minimum atomic E-state index is -0.0932. The number of ether oxygens (including phenoxy) is 2. The number of hydrogen-bond donors (Lipinski definition) is 0. The summed E-state index contributed by atoms with van der Waals surface area (Å²) in [6.07, 6.45) is 1.63. The van der Waals surface area contributed by atoms with Gasteiger partial charge < -0.3 is 14.4 Å². The SMILES string of the molecule is CCOc1ncccc1C(=O)N(CC)[C@@H](C)c1cccc(OC)c1. The smallest absolute Gasteiger partial charge is 0.259 e. The molecule has 1 amide bonds.